The van der Waals surface area contributed by atoms with Gasteiger partial charge >= 0.3 is 13.9 Å². The molecule has 0 fully saturated rings. The van der Waals surface area contributed by atoms with Gasteiger partial charge in [0.05, 0.1) is 34.3 Å². The number of alkyl carbamates (subject to hydrolysis) is 1. The lowest BCUT2D eigenvalue weighted by Crippen LogP contribution is -2.39. The van der Waals surface area contributed by atoms with Crippen molar-refractivity contribution in [2.75, 3.05) is 34.3 Å². The molecule has 0 heterocycles. The van der Waals surface area contributed by atoms with Gasteiger partial charge in [0.25, 0.3) is 0 Å². The van der Waals surface area contributed by atoms with Crippen LogP contribution in [0.4, 0.5) is 4.79 Å². The van der Waals surface area contributed by atoms with E-state index in [0.29, 0.717) is 17.4 Å². The number of rotatable bonds is 8. The van der Waals surface area contributed by atoms with E-state index in [9.17, 15) is 9.36 Å². The number of phosphoric ester groups is 1. The molecule has 1 amide bonds. The summed E-state index contributed by atoms with van der Waals surface area (Å²) in [6.45, 7) is 3.59. The van der Waals surface area contributed by atoms with Crippen LogP contribution in [0.25, 0.3) is 0 Å². The van der Waals surface area contributed by atoms with E-state index in [1.165, 1.54) is 0 Å². The van der Waals surface area contributed by atoms with Gasteiger partial charge in [-0.05, 0) is 6.20 Å². The molecule has 19 heavy (non-hydrogen) atoms. The van der Waals surface area contributed by atoms with Gasteiger partial charge in [-0.3, -0.25) is 9.84 Å². The van der Waals surface area contributed by atoms with E-state index in [0.717, 1.165) is 6.20 Å². The summed E-state index contributed by atoms with van der Waals surface area (Å²) < 4.78 is 20.6. The molecule has 0 saturated heterocycles. The highest BCUT2D eigenvalue weighted by Crippen LogP contribution is 2.36. The first-order valence-electron chi connectivity index (χ1n) is 5.62. The number of hydrogen-bond acceptors (Lipinski definition) is 4. The lowest BCUT2D eigenvalue weighted by molar-refractivity contribution is -0.870. The van der Waals surface area contributed by atoms with E-state index in [-0.39, 0.29) is 6.61 Å². The number of hydrogen-bond donors (Lipinski definition) is 3. The quantitative estimate of drug-likeness (QED) is 0.443. The van der Waals surface area contributed by atoms with Crippen LogP contribution in [0.15, 0.2) is 12.8 Å². The first-order chi connectivity index (χ1) is 8.53. The highest BCUT2D eigenvalue weighted by molar-refractivity contribution is 7.46. The van der Waals surface area contributed by atoms with Gasteiger partial charge in [-0.2, -0.15) is 0 Å². The van der Waals surface area contributed by atoms with E-state index in [1.54, 1.807) is 0 Å². The van der Waals surface area contributed by atoms with Crippen molar-refractivity contribution >= 4 is 13.9 Å². The number of phosphoric acid groups is 1. The molecule has 0 rings (SSSR count). The Labute approximate surface area is 112 Å². The van der Waals surface area contributed by atoms with Gasteiger partial charge in [0, 0.05) is 6.42 Å². The zero-order chi connectivity index (χ0) is 15.1. The van der Waals surface area contributed by atoms with E-state index >= 15 is 0 Å². The van der Waals surface area contributed by atoms with Crippen molar-refractivity contribution in [1.82, 2.24) is 5.32 Å². The monoisotopic (exact) mass is 297 g/mol. The number of nitrogens with zero attached hydrogens (tertiary/aromatic N) is 1. The summed E-state index contributed by atoms with van der Waals surface area (Å²) in [4.78, 5) is 28.5. The highest BCUT2D eigenvalue weighted by Gasteiger charge is 2.23. The number of quaternary nitrogens is 1. The fraction of sp³-hybridized carbons (Fsp3) is 0.700. The zero-order valence-electron chi connectivity index (χ0n) is 11.4. The van der Waals surface area contributed by atoms with Gasteiger partial charge in [0.1, 0.15) is 6.10 Å². The summed E-state index contributed by atoms with van der Waals surface area (Å²) in [7, 11) is 1.27. The molecule has 0 aliphatic heterocycles. The van der Waals surface area contributed by atoms with E-state index in [2.05, 4.69) is 16.4 Å². The Kier molecular flexibility index (Phi) is 7.25. The molecule has 0 radical (unpaired) electrons. The predicted octanol–water partition coefficient (Wildman–Crippen LogP) is 0.430. The smallest absolute Gasteiger partial charge is 0.443 e. The Bertz CT molecular complexity index is 348. The van der Waals surface area contributed by atoms with Gasteiger partial charge in [-0.15, -0.1) is 0 Å². The van der Waals surface area contributed by atoms with Crippen molar-refractivity contribution in [3.05, 3.63) is 12.8 Å². The lowest BCUT2D eigenvalue weighted by Gasteiger charge is -2.26. The number of carbonyl (C=O) groups excluding carboxylic acids is 1. The van der Waals surface area contributed by atoms with Crippen LogP contribution < -0.4 is 5.32 Å². The number of amides is 1. The zero-order valence-corrected chi connectivity index (χ0v) is 12.3. The molecule has 0 aliphatic carbocycles. The van der Waals surface area contributed by atoms with Gasteiger partial charge < -0.3 is 19.0 Å². The molecule has 1 unspecified atom stereocenters. The minimum absolute atomic E-state index is 0.366. The van der Waals surface area contributed by atoms with Gasteiger partial charge in [-0.25, -0.2) is 9.36 Å². The Morgan fingerprint density at radius 2 is 2.05 bits per heavy atom. The molecule has 0 spiro atoms. The van der Waals surface area contributed by atoms with Crippen molar-refractivity contribution in [1.29, 1.82) is 0 Å². The lowest BCUT2D eigenvalue weighted by atomic mass is 10.2. The number of nitrogens with one attached hydrogen (secondary N) is 1. The summed E-state index contributed by atoms with van der Waals surface area (Å²) in [5.74, 6) is 0. The molecular formula is C10H22N2O6P+. The summed E-state index contributed by atoms with van der Waals surface area (Å²) in [5, 5.41) is 2.22. The normalized spacial score (nSPS) is 13.7. The largest absolute Gasteiger partial charge is 0.469 e. The maximum atomic E-state index is 11.2. The topological polar surface area (TPSA) is 105 Å². The predicted molar refractivity (Wildman–Crippen MR) is 69.1 cm³/mol. The van der Waals surface area contributed by atoms with Gasteiger partial charge in [0.2, 0.25) is 0 Å². The Hall–Kier alpha value is -0.920. The summed E-state index contributed by atoms with van der Waals surface area (Å²) in [6.07, 6.45) is 0.0811. The van der Waals surface area contributed by atoms with Gasteiger partial charge in [0.15, 0.2) is 0 Å². The molecule has 0 saturated carbocycles. The molecule has 0 aliphatic rings. The molecule has 0 aromatic carbocycles. The second-order valence-electron chi connectivity index (χ2n) is 4.96. The van der Waals surface area contributed by atoms with Crippen LogP contribution in [-0.4, -0.2) is 60.8 Å². The van der Waals surface area contributed by atoms with Crippen molar-refractivity contribution < 1.29 is 32.9 Å². The van der Waals surface area contributed by atoms with Crippen LogP contribution in [0.3, 0.4) is 0 Å². The average molecular weight is 297 g/mol. The molecule has 0 aromatic heterocycles. The molecule has 1 atom stereocenters. The second-order valence-corrected chi connectivity index (χ2v) is 6.20. The molecule has 8 nitrogen and oxygen atoms in total. The Morgan fingerprint density at radius 3 is 2.47 bits per heavy atom. The summed E-state index contributed by atoms with van der Waals surface area (Å²) >= 11 is 0. The maximum Gasteiger partial charge on any atom is 0.469 e. The average Bonchev–Trinajstić information content (AvgIpc) is 2.20. The Morgan fingerprint density at radius 1 is 1.47 bits per heavy atom. The molecule has 9 heteroatoms. The van der Waals surface area contributed by atoms with Crippen molar-refractivity contribution in [3.63, 3.8) is 0 Å². The second kappa shape index (κ2) is 7.62. The minimum Gasteiger partial charge on any atom is -0.443 e. The Balaban J connectivity index is 4.41. The third-order valence-corrected chi connectivity index (χ3v) is 2.53. The van der Waals surface area contributed by atoms with Crippen molar-refractivity contribution in [2.24, 2.45) is 0 Å². The molecule has 0 aromatic rings. The molecular weight excluding hydrogens is 275 g/mol. The first kappa shape index (κ1) is 18.1. The van der Waals surface area contributed by atoms with Crippen LogP contribution in [0, 0.1) is 0 Å². The SMILES string of the molecule is C=CNC(=O)OC(CC[N+](C)(C)C)COP(=O)(O)O. The number of carbonyl (C=O) groups is 1. The minimum atomic E-state index is -4.58. The van der Waals surface area contributed by atoms with Crippen LogP contribution in [0.2, 0.25) is 0 Å². The third kappa shape index (κ3) is 11.9. The summed E-state index contributed by atoms with van der Waals surface area (Å²) in [6, 6.07) is 0. The van der Waals surface area contributed by atoms with Crippen LogP contribution >= 0.6 is 7.82 Å². The summed E-state index contributed by atoms with van der Waals surface area (Å²) in [5.41, 5.74) is 0. The van der Waals surface area contributed by atoms with E-state index in [1.807, 2.05) is 21.1 Å². The van der Waals surface area contributed by atoms with Crippen LogP contribution in [0.5, 0.6) is 0 Å². The van der Waals surface area contributed by atoms with Crippen molar-refractivity contribution in [3.8, 4) is 0 Å². The number of ether oxygens (including phenoxy) is 1. The highest BCUT2D eigenvalue weighted by atomic mass is 31.2. The van der Waals surface area contributed by atoms with E-state index < -0.39 is 20.0 Å². The van der Waals surface area contributed by atoms with Crippen LogP contribution in [-0.2, 0) is 13.8 Å². The van der Waals surface area contributed by atoms with Crippen molar-refractivity contribution in [2.45, 2.75) is 12.5 Å². The molecule has 0 bridgehead atoms. The molecule has 112 valence electrons. The van der Waals surface area contributed by atoms with Gasteiger partial charge in [-0.1, -0.05) is 6.58 Å². The first-order valence-corrected chi connectivity index (χ1v) is 7.15. The fourth-order valence-electron chi connectivity index (χ4n) is 1.16. The van der Waals surface area contributed by atoms with Crippen LogP contribution in [0.1, 0.15) is 6.42 Å². The maximum absolute atomic E-state index is 11.2. The standard InChI is InChI=1S/C10H21N2O6P/c1-5-11-10(13)18-9(6-7-12(2,3)4)8-17-19(14,15)16/h5,9H,1,6-8H2,2-4H3,(H2-,11,13,14,15,16)/p+1. The third-order valence-electron chi connectivity index (χ3n) is 2.04. The van der Waals surface area contributed by atoms with E-state index in [4.69, 9.17) is 14.5 Å². The fourth-order valence-corrected chi connectivity index (χ4v) is 1.52. The molecule has 3 N–H and O–H groups in total.